The Hall–Kier alpha value is -3.37. The maximum atomic E-state index is 13.4. The number of nitrogens with one attached hydrogen (secondary N) is 1. The molecule has 0 bridgehead atoms. The van der Waals surface area contributed by atoms with Gasteiger partial charge in [0.1, 0.15) is 5.75 Å². The minimum atomic E-state index is -0.102. The number of nitrogens with zero attached hydrogens (tertiary/aromatic N) is 1. The number of pyridine rings is 1. The van der Waals surface area contributed by atoms with Crippen LogP contribution in [0.3, 0.4) is 0 Å². The van der Waals surface area contributed by atoms with Gasteiger partial charge in [-0.05, 0) is 47.7 Å². The van der Waals surface area contributed by atoms with E-state index >= 15 is 0 Å². The summed E-state index contributed by atoms with van der Waals surface area (Å²) in [6, 6.07) is 20.1. The first kappa shape index (κ1) is 22.4. The lowest BCUT2D eigenvalue weighted by Gasteiger charge is -2.27. The number of halogens is 1. The maximum absolute atomic E-state index is 13.4. The number of hydrogen-bond donors (Lipinski definition) is 1. The molecule has 0 radical (unpaired) electrons. The van der Waals surface area contributed by atoms with Crippen molar-refractivity contribution < 1.29 is 9.53 Å². The fourth-order valence-electron chi connectivity index (χ4n) is 4.83. The second kappa shape index (κ2) is 9.47. The third-order valence-electron chi connectivity index (χ3n) is 6.55. The van der Waals surface area contributed by atoms with Gasteiger partial charge in [0.15, 0.2) is 0 Å². The van der Waals surface area contributed by atoms with Crippen LogP contribution in [-0.4, -0.2) is 17.5 Å². The topological polar surface area (TPSA) is 51.2 Å². The molecule has 2 heterocycles. The van der Waals surface area contributed by atoms with Crippen molar-refractivity contribution in [3.8, 4) is 16.9 Å². The van der Waals surface area contributed by atoms with Gasteiger partial charge in [-0.1, -0.05) is 67.9 Å². The predicted molar refractivity (Wildman–Crippen MR) is 138 cm³/mol. The van der Waals surface area contributed by atoms with Crippen LogP contribution in [0.1, 0.15) is 53.4 Å². The first-order valence-electron chi connectivity index (χ1n) is 11.8. The van der Waals surface area contributed by atoms with Crippen LogP contribution in [0.2, 0.25) is 5.02 Å². The highest BCUT2D eigenvalue weighted by atomic mass is 35.5. The molecule has 34 heavy (non-hydrogen) atoms. The van der Waals surface area contributed by atoms with Gasteiger partial charge in [0.05, 0.1) is 23.7 Å². The second-order valence-corrected chi connectivity index (χ2v) is 9.04. The highest BCUT2D eigenvalue weighted by molar-refractivity contribution is 6.31. The summed E-state index contributed by atoms with van der Waals surface area (Å²) < 4.78 is 5.75. The number of aromatic nitrogens is 1. The molecule has 0 saturated carbocycles. The van der Waals surface area contributed by atoms with E-state index in [1.165, 1.54) is 5.56 Å². The molecular formula is C29H27ClN2O2. The number of aryl methyl sites for hydroxylation is 2. The Morgan fingerprint density at radius 3 is 2.76 bits per heavy atom. The van der Waals surface area contributed by atoms with Crippen molar-refractivity contribution in [1.29, 1.82) is 0 Å². The minimum absolute atomic E-state index is 0.0805. The fourth-order valence-corrected chi connectivity index (χ4v) is 5.08. The molecule has 0 fully saturated rings. The third kappa shape index (κ3) is 4.14. The fraction of sp³-hybridized carbons (Fsp3) is 0.241. The Kier molecular flexibility index (Phi) is 6.25. The SMILES string of the molecule is CCc1cc(Cl)cc(-c2cccc3c(CC)c(C(=O)N[C@H]4CCOc5ccccc54)cnc23)c1. The highest BCUT2D eigenvalue weighted by Crippen LogP contribution is 2.34. The van der Waals surface area contributed by atoms with Crippen molar-refractivity contribution in [3.63, 3.8) is 0 Å². The molecular weight excluding hydrogens is 444 g/mol. The van der Waals surface area contributed by atoms with Gasteiger partial charge < -0.3 is 10.1 Å². The van der Waals surface area contributed by atoms with Crippen molar-refractivity contribution in [3.05, 3.63) is 94.1 Å². The van der Waals surface area contributed by atoms with Crippen LogP contribution in [0, 0.1) is 0 Å². The summed E-state index contributed by atoms with van der Waals surface area (Å²) in [5.41, 5.74) is 6.78. The number of carbonyl (C=O) groups is 1. The van der Waals surface area contributed by atoms with Crippen molar-refractivity contribution >= 4 is 28.4 Å². The summed E-state index contributed by atoms with van der Waals surface area (Å²) in [4.78, 5) is 18.2. The monoisotopic (exact) mass is 470 g/mol. The number of para-hydroxylation sites is 2. The molecule has 1 atom stereocenters. The van der Waals surface area contributed by atoms with Crippen LogP contribution < -0.4 is 10.1 Å². The zero-order valence-electron chi connectivity index (χ0n) is 19.4. The Balaban J connectivity index is 1.54. The number of carbonyl (C=O) groups excluding carboxylic acids is 1. The Morgan fingerprint density at radius 2 is 1.94 bits per heavy atom. The average molecular weight is 471 g/mol. The van der Waals surface area contributed by atoms with Gasteiger partial charge in [0.2, 0.25) is 0 Å². The molecule has 4 aromatic rings. The first-order valence-corrected chi connectivity index (χ1v) is 12.2. The van der Waals surface area contributed by atoms with Crippen molar-refractivity contribution in [2.24, 2.45) is 0 Å². The largest absolute Gasteiger partial charge is 0.493 e. The standard InChI is InChI=1S/C29H27ClN2O2/c1-3-18-14-19(16-20(30)15-18)22-9-7-10-23-21(4-2)25(17-31-28(22)23)29(33)32-26-12-13-34-27-11-6-5-8-24(26)27/h5-11,14-17,26H,3-4,12-13H2,1-2H3,(H,32,33)/t26-/m0/s1. The third-order valence-corrected chi connectivity index (χ3v) is 6.77. The minimum Gasteiger partial charge on any atom is -0.493 e. The van der Waals surface area contributed by atoms with Crippen LogP contribution in [-0.2, 0) is 12.8 Å². The van der Waals surface area contributed by atoms with Gasteiger partial charge in [-0.25, -0.2) is 0 Å². The first-order chi connectivity index (χ1) is 16.6. The molecule has 5 heteroatoms. The van der Waals surface area contributed by atoms with E-state index in [1.807, 2.05) is 42.5 Å². The van der Waals surface area contributed by atoms with E-state index < -0.39 is 0 Å². The Bertz CT molecular complexity index is 1380. The lowest BCUT2D eigenvalue weighted by atomic mass is 9.94. The summed E-state index contributed by atoms with van der Waals surface area (Å²) in [6.45, 7) is 4.78. The average Bonchev–Trinajstić information content (AvgIpc) is 2.87. The van der Waals surface area contributed by atoms with Gasteiger partial charge in [-0.2, -0.15) is 0 Å². The molecule has 0 saturated heterocycles. The summed E-state index contributed by atoms with van der Waals surface area (Å²) in [7, 11) is 0. The molecule has 1 aliphatic rings. The molecule has 3 aromatic carbocycles. The molecule has 0 spiro atoms. The summed E-state index contributed by atoms with van der Waals surface area (Å²) in [5, 5.41) is 4.94. The second-order valence-electron chi connectivity index (χ2n) is 8.61. The number of rotatable bonds is 5. The molecule has 0 unspecified atom stereocenters. The molecule has 5 rings (SSSR count). The van der Waals surface area contributed by atoms with E-state index in [0.717, 1.165) is 63.2 Å². The summed E-state index contributed by atoms with van der Waals surface area (Å²) >= 11 is 6.40. The summed E-state index contributed by atoms with van der Waals surface area (Å²) in [6.07, 6.45) is 4.09. The highest BCUT2D eigenvalue weighted by Gasteiger charge is 2.25. The van der Waals surface area contributed by atoms with E-state index in [9.17, 15) is 4.79 Å². The molecule has 1 N–H and O–H groups in total. The van der Waals surface area contributed by atoms with Crippen LogP contribution in [0.25, 0.3) is 22.0 Å². The number of benzene rings is 3. The van der Waals surface area contributed by atoms with Gasteiger partial charge in [-0.15, -0.1) is 0 Å². The smallest absolute Gasteiger partial charge is 0.253 e. The number of hydrogen-bond acceptors (Lipinski definition) is 3. The van der Waals surface area contributed by atoms with Gasteiger partial charge in [-0.3, -0.25) is 9.78 Å². The molecule has 1 aliphatic heterocycles. The van der Waals surface area contributed by atoms with Crippen molar-refractivity contribution in [2.45, 2.75) is 39.2 Å². The number of ether oxygens (including phenoxy) is 1. The normalized spacial score (nSPS) is 15.0. The lowest BCUT2D eigenvalue weighted by molar-refractivity contribution is 0.0923. The van der Waals surface area contributed by atoms with Crippen LogP contribution in [0.5, 0.6) is 5.75 Å². The van der Waals surface area contributed by atoms with Crippen LogP contribution in [0.4, 0.5) is 0 Å². The van der Waals surface area contributed by atoms with Crippen molar-refractivity contribution in [2.75, 3.05) is 6.61 Å². The zero-order chi connectivity index (χ0) is 23.7. The molecule has 1 aromatic heterocycles. The van der Waals surface area contributed by atoms with Crippen LogP contribution in [0.15, 0.2) is 66.9 Å². The van der Waals surface area contributed by atoms with Gasteiger partial charge in [0, 0.05) is 34.2 Å². The van der Waals surface area contributed by atoms with Gasteiger partial charge in [0.25, 0.3) is 5.91 Å². The van der Waals surface area contributed by atoms with E-state index in [2.05, 4.69) is 37.4 Å². The van der Waals surface area contributed by atoms with Gasteiger partial charge >= 0.3 is 0 Å². The van der Waals surface area contributed by atoms with E-state index in [-0.39, 0.29) is 11.9 Å². The summed E-state index contributed by atoms with van der Waals surface area (Å²) in [5.74, 6) is 0.735. The molecule has 172 valence electrons. The lowest BCUT2D eigenvalue weighted by Crippen LogP contribution is -2.32. The number of amides is 1. The molecule has 1 amide bonds. The Labute approximate surface area is 204 Å². The maximum Gasteiger partial charge on any atom is 0.253 e. The van der Waals surface area contributed by atoms with E-state index in [0.29, 0.717) is 12.2 Å². The zero-order valence-corrected chi connectivity index (χ0v) is 20.2. The molecule has 0 aliphatic carbocycles. The van der Waals surface area contributed by atoms with E-state index in [1.54, 1.807) is 6.20 Å². The Morgan fingerprint density at radius 1 is 1.09 bits per heavy atom. The van der Waals surface area contributed by atoms with Crippen molar-refractivity contribution in [1.82, 2.24) is 10.3 Å². The molecule has 4 nitrogen and oxygen atoms in total. The van der Waals surface area contributed by atoms with E-state index in [4.69, 9.17) is 21.3 Å². The van der Waals surface area contributed by atoms with Crippen LogP contribution >= 0.6 is 11.6 Å². The predicted octanol–water partition coefficient (Wildman–Crippen LogP) is 6.93. The quantitative estimate of drug-likeness (QED) is 0.344. The number of fused-ring (bicyclic) bond motifs is 2.